The third-order valence-electron chi connectivity index (χ3n) is 5.27. The van der Waals surface area contributed by atoms with Gasteiger partial charge < -0.3 is 20.3 Å². The van der Waals surface area contributed by atoms with Gasteiger partial charge in [-0.3, -0.25) is 9.59 Å². The molecule has 0 aromatic heterocycles. The number of ether oxygens (including phenoxy) is 1. The number of amides is 3. The number of alkyl carbamates (subject to hydrolysis) is 1. The van der Waals surface area contributed by atoms with Crippen molar-refractivity contribution in [3.8, 4) is 0 Å². The van der Waals surface area contributed by atoms with Crippen LogP contribution >= 0.6 is 0 Å². The number of nitrogens with one attached hydrogen (secondary N) is 2. The van der Waals surface area contributed by atoms with Gasteiger partial charge in [0.25, 0.3) is 0 Å². The summed E-state index contributed by atoms with van der Waals surface area (Å²) in [5.74, 6) is -0.556. The molecule has 7 heteroatoms. The number of rotatable bonds is 12. The lowest BCUT2D eigenvalue weighted by atomic mass is 9.99. The molecular formula is C28H47N3O4. The Balaban J connectivity index is 3.17. The summed E-state index contributed by atoms with van der Waals surface area (Å²) >= 11 is 0. The predicted molar refractivity (Wildman–Crippen MR) is 141 cm³/mol. The molecule has 0 aliphatic heterocycles. The standard InChI is InChI=1S/C28H47N3O4/c1-9-10-11-12-13-14-18-31(23(32)20-29-26(34)35-28(6,7)8)24(25(33)30-27(3,4)5)22-17-15-16-21(2)19-22/h15-17,19,24H,9-14,18,20H2,1-8H3,(H,29,34)(H,30,33). The molecule has 1 rings (SSSR count). The van der Waals surface area contributed by atoms with Crippen molar-refractivity contribution in [3.05, 3.63) is 35.4 Å². The van der Waals surface area contributed by atoms with Crippen LogP contribution in [0.25, 0.3) is 0 Å². The maximum Gasteiger partial charge on any atom is 0.408 e. The zero-order chi connectivity index (χ0) is 26.6. The Morgan fingerprint density at radius 3 is 2.17 bits per heavy atom. The number of hydrogen-bond donors (Lipinski definition) is 2. The highest BCUT2D eigenvalue weighted by Gasteiger charge is 2.33. The lowest BCUT2D eigenvalue weighted by Crippen LogP contribution is -2.51. The first kappa shape index (κ1) is 30.5. The molecule has 0 fully saturated rings. The largest absolute Gasteiger partial charge is 0.444 e. The highest BCUT2D eigenvalue weighted by atomic mass is 16.6. The van der Waals surface area contributed by atoms with Crippen molar-refractivity contribution in [2.75, 3.05) is 13.1 Å². The minimum Gasteiger partial charge on any atom is -0.444 e. The zero-order valence-electron chi connectivity index (χ0n) is 23.1. The van der Waals surface area contributed by atoms with E-state index in [9.17, 15) is 14.4 Å². The maximum absolute atomic E-state index is 13.5. The van der Waals surface area contributed by atoms with Crippen molar-refractivity contribution in [1.82, 2.24) is 15.5 Å². The van der Waals surface area contributed by atoms with Crippen molar-refractivity contribution in [3.63, 3.8) is 0 Å². The van der Waals surface area contributed by atoms with Gasteiger partial charge in [0.15, 0.2) is 0 Å². The predicted octanol–water partition coefficient (Wildman–Crippen LogP) is 5.66. The van der Waals surface area contributed by atoms with Crippen LogP contribution in [-0.2, 0) is 14.3 Å². The Labute approximate surface area is 212 Å². The first-order valence-corrected chi connectivity index (χ1v) is 12.9. The molecule has 1 aromatic carbocycles. The summed E-state index contributed by atoms with van der Waals surface area (Å²) in [6.07, 6.45) is 5.73. The van der Waals surface area contributed by atoms with Gasteiger partial charge in [-0.05, 0) is 60.5 Å². The number of aryl methyl sites for hydroxylation is 1. The average Bonchev–Trinajstić information content (AvgIpc) is 2.71. The third kappa shape index (κ3) is 12.6. The fourth-order valence-corrected chi connectivity index (χ4v) is 3.77. The van der Waals surface area contributed by atoms with Crippen LogP contribution in [0.5, 0.6) is 0 Å². The van der Waals surface area contributed by atoms with E-state index in [-0.39, 0.29) is 18.4 Å². The second kappa shape index (κ2) is 14.1. The molecule has 0 saturated heterocycles. The monoisotopic (exact) mass is 489 g/mol. The van der Waals surface area contributed by atoms with Crippen molar-refractivity contribution in [2.45, 2.75) is 111 Å². The highest BCUT2D eigenvalue weighted by molar-refractivity contribution is 5.90. The van der Waals surface area contributed by atoms with Crippen LogP contribution in [0, 0.1) is 6.92 Å². The number of hydrogen-bond acceptors (Lipinski definition) is 4. The normalized spacial score (nSPS) is 12.6. The van der Waals surface area contributed by atoms with Crippen molar-refractivity contribution in [1.29, 1.82) is 0 Å². The molecule has 0 spiro atoms. The molecule has 0 radical (unpaired) electrons. The minimum absolute atomic E-state index is 0.236. The first-order valence-electron chi connectivity index (χ1n) is 12.9. The SMILES string of the molecule is CCCCCCCCN(C(=O)CNC(=O)OC(C)(C)C)C(C(=O)NC(C)(C)C)c1cccc(C)c1. The van der Waals surface area contributed by atoms with E-state index < -0.39 is 23.3 Å². The second-order valence-corrected chi connectivity index (χ2v) is 11.3. The zero-order valence-corrected chi connectivity index (χ0v) is 23.1. The summed E-state index contributed by atoms with van der Waals surface area (Å²) < 4.78 is 5.28. The van der Waals surface area contributed by atoms with E-state index in [1.807, 2.05) is 52.0 Å². The summed E-state index contributed by atoms with van der Waals surface area (Å²) in [5, 5.41) is 5.60. The molecule has 1 unspecified atom stereocenters. The molecular weight excluding hydrogens is 442 g/mol. The third-order valence-corrected chi connectivity index (χ3v) is 5.27. The van der Waals surface area contributed by atoms with Gasteiger partial charge in [-0.2, -0.15) is 0 Å². The number of carbonyl (C=O) groups is 3. The smallest absolute Gasteiger partial charge is 0.408 e. The fraction of sp³-hybridized carbons (Fsp3) is 0.679. The Morgan fingerprint density at radius 2 is 1.60 bits per heavy atom. The van der Waals surface area contributed by atoms with Gasteiger partial charge in [0.1, 0.15) is 18.2 Å². The molecule has 0 aliphatic rings. The minimum atomic E-state index is -0.794. The van der Waals surface area contributed by atoms with Gasteiger partial charge in [0, 0.05) is 12.1 Å². The Kier molecular flexibility index (Phi) is 12.3. The fourth-order valence-electron chi connectivity index (χ4n) is 3.77. The van der Waals surface area contributed by atoms with Crippen LogP contribution in [-0.4, -0.2) is 47.0 Å². The number of benzene rings is 1. The molecule has 0 bridgehead atoms. The molecule has 3 amide bonds. The molecule has 198 valence electrons. The summed E-state index contributed by atoms with van der Waals surface area (Å²) in [4.78, 5) is 40.7. The number of unbranched alkanes of at least 4 members (excludes halogenated alkanes) is 5. The summed E-state index contributed by atoms with van der Waals surface area (Å²) in [6.45, 7) is 15.4. The van der Waals surface area contributed by atoms with Gasteiger partial charge >= 0.3 is 6.09 Å². The van der Waals surface area contributed by atoms with Crippen LogP contribution < -0.4 is 10.6 Å². The molecule has 2 N–H and O–H groups in total. The van der Waals surface area contributed by atoms with Gasteiger partial charge in [-0.1, -0.05) is 68.9 Å². The van der Waals surface area contributed by atoms with E-state index in [1.165, 1.54) is 12.8 Å². The molecule has 0 heterocycles. The van der Waals surface area contributed by atoms with Gasteiger partial charge in [-0.15, -0.1) is 0 Å². The lowest BCUT2D eigenvalue weighted by molar-refractivity contribution is -0.141. The molecule has 1 atom stereocenters. The van der Waals surface area contributed by atoms with Gasteiger partial charge in [0.05, 0.1) is 0 Å². The topological polar surface area (TPSA) is 87.7 Å². The van der Waals surface area contributed by atoms with E-state index >= 15 is 0 Å². The molecule has 35 heavy (non-hydrogen) atoms. The van der Waals surface area contributed by atoms with Crippen molar-refractivity contribution in [2.24, 2.45) is 0 Å². The van der Waals surface area contributed by atoms with Crippen molar-refractivity contribution >= 4 is 17.9 Å². The quantitative estimate of drug-likeness (QED) is 0.371. The Hall–Kier alpha value is -2.57. The van der Waals surface area contributed by atoms with Gasteiger partial charge in [0.2, 0.25) is 11.8 Å². The molecule has 7 nitrogen and oxygen atoms in total. The molecule has 0 aliphatic carbocycles. The van der Waals surface area contributed by atoms with Gasteiger partial charge in [-0.25, -0.2) is 4.79 Å². The van der Waals surface area contributed by atoms with E-state index in [4.69, 9.17) is 4.74 Å². The molecule has 1 aromatic rings. The van der Waals surface area contributed by atoms with Crippen LogP contribution in [0.1, 0.15) is 104 Å². The second-order valence-electron chi connectivity index (χ2n) is 11.3. The summed E-state index contributed by atoms with van der Waals surface area (Å²) in [6, 6.07) is 6.89. The van der Waals surface area contributed by atoms with E-state index in [1.54, 1.807) is 25.7 Å². The number of carbonyl (C=O) groups excluding carboxylic acids is 3. The van der Waals surface area contributed by atoms with E-state index in [2.05, 4.69) is 17.6 Å². The average molecular weight is 490 g/mol. The first-order chi connectivity index (χ1) is 16.2. The highest BCUT2D eigenvalue weighted by Crippen LogP contribution is 2.24. The Bertz CT molecular complexity index is 824. The van der Waals surface area contributed by atoms with E-state index in [0.717, 1.165) is 36.8 Å². The molecule has 0 saturated carbocycles. The van der Waals surface area contributed by atoms with Crippen molar-refractivity contribution < 1.29 is 19.1 Å². The number of nitrogens with zero attached hydrogens (tertiary/aromatic N) is 1. The summed E-state index contributed by atoms with van der Waals surface area (Å²) in [5.41, 5.74) is 0.642. The Morgan fingerprint density at radius 1 is 0.971 bits per heavy atom. The van der Waals surface area contributed by atoms with Crippen LogP contribution in [0.2, 0.25) is 0 Å². The summed E-state index contributed by atoms with van der Waals surface area (Å²) in [7, 11) is 0. The van der Waals surface area contributed by atoms with Crippen LogP contribution in [0.3, 0.4) is 0 Å². The van der Waals surface area contributed by atoms with Crippen LogP contribution in [0.15, 0.2) is 24.3 Å². The van der Waals surface area contributed by atoms with Crippen LogP contribution in [0.4, 0.5) is 4.79 Å². The maximum atomic E-state index is 13.5. The van der Waals surface area contributed by atoms with E-state index in [0.29, 0.717) is 6.54 Å². The lowest BCUT2D eigenvalue weighted by Gasteiger charge is -2.34.